The Labute approximate surface area is 110 Å². The van der Waals surface area contributed by atoms with Crippen LogP contribution in [0.5, 0.6) is 0 Å². The summed E-state index contributed by atoms with van der Waals surface area (Å²) in [6.07, 6.45) is 0.871. The first-order valence-corrected chi connectivity index (χ1v) is 6.53. The fraction of sp³-hybridized carbons (Fsp3) is 0.833. The van der Waals surface area contributed by atoms with Gasteiger partial charge in [0.15, 0.2) is 0 Å². The van der Waals surface area contributed by atoms with Gasteiger partial charge < -0.3 is 11.1 Å². The molecule has 17 heavy (non-hydrogen) atoms. The average molecular weight is 259 g/mol. The van der Waals surface area contributed by atoms with Gasteiger partial charge in [-0.05, 0) is 26.4 Å². The Morgan fingerprint density at radius 3 is 2.41 bits per heavy atom. The number of amides is 1. The molecule has 0 bridgehead atoms. The van der Waals surface area contributed by atoms with Crippen LogP contribution in [0.2, 0.25) is 0 Å². The zero-order valence-electron chi connectivity index (χ0n) is 11.4. The highest BCUT2D eigenvalue weighted by Crippen LogP contribution is 2.20. The molecule has 0 spiro atoms. The molecule has 0 aromatic carbocycles. The van der Waals surface area contributed by atoms with E-state index < -0.39 is 0 Å². The number of carbonyl (C=O) groups excluding carboxylic acids is 1. The molecule has 0 aliphatic heterocycles. The molecular formula is C12H25N3OS. The number of hydrogen-bond donors (Lipinski definition) is 2. The molecule has 0 unspecified atom stereocenters. The first-order chi connectivity index (χ1) is 7.83. The van der Waals surface area contributed by atoms with Crippen molar-refractivity contribution in [1.29, 1.82) is 0 Å². The summed E-state index contributed by atoms with van der Waals surface area (Å²) in [4.78, 5) is 14.1. The van der Waals surface area contributed by atoms with E-state index in [-0.39, 0.29) is 11.3 Å². The number of nitrogens with one attached hydrogen (secondary N) is 1. The van der Waals surface area contributed by atoms with Gasteiger partial charge in [-0.2, -0.15) is 0 Å². The Bertz CT molecular complexity index is 266. The van der Waals surface area contributed by atoms with Crippen molar-refractivity contribution in [1.82, 2.24) is 10.2 Å². The second-order valence-corrected chi connectivity index (χ2v) is 5.26. The molecule has 5 heteroatoms. The summed E-state index contributed by atoms with van der Waals surface area (Å²) >= 11 is 5.03. The van der Waals surface area contributed by atoms with Crippen LogP contribution in [0.4, 0.5) is 0 Å². The lowest BCUT2D eigenvalue weighted by atomic mass is 9.89. The van der Waals surface area contributed by atoms with Crippen LogP contribution in [0.25, 0.3) is 0 Å². The van der Waals surface area contributed by atoms with Gasteiger partial charge in [-0.1, -0.05) is 33.0 Å². The summed E-state index contributed by atoms with van der Waals surface area (Å²) in [7, 11) is 0. The first-order valence-electron chi connectivity index (χ1n) is 6.12. The highest BCUT2D eigenvalue weighted by Gasteiger charge is 2.22. The molecular weight excluding hydrogens is 234 g/mol. The molecule has 100 valence electrons. The van der Waals surface area contributed by atoms with Crippen LogP contribution in [-0.4, -0.2) is 42.0 Å². The fourth-order valence-corrected chi connectivity index (χ4v) is 1.47. The SMILES string of the molecule is CCNC(=O)CN(CC)CCC(C)(C)C(N)=S. The molecule has 3 N–H and O–H groups in total. The van der Waals surface area contributed by atoms with Gasteiger partial charge in [0.05, 0.1) is 11.5 Å². The lowest BCUT2D eigenvalue weighted by molar-refractivity contribution is -0.122. The minimum Gasteiger partial charge on any atom is -0.393 e. The molecule has 0 fully saturated rings. The number of nitrogens with two attached hydrogens (primary N) is 1. The highest BCUT2D eigenvalue weighted by atomic mass is 32.1. The van der Waals surface area contributed by atoms with E-state index in [9.17, 15) is 4.79 Å². The van der Waals surface area contributed by atoms with Crippen LogP contribution in [0, 0.1) is 5.41 Å². The maximum Gasteiger partial charge on any atom is 0.234 e. The molecule has 0 rings (SSSR count). The largest absolute Gasteiger partial charge is 0.393 e. The lowest BCUT2D eigenvalue weighted by Crippen LogP contribution is -2.40. The Hall–Kier alpha value is -0.680. The summed E-state index contributed by atoms with van der Waals surface area (Å²) in [5, 5.41) is 2.80. The second kappa shape index (κ2) is 7.61. The van der Waals surface area contributed by atoms with Crippen molar-refractivity contribution in [2.45, 2.75) is 34.1 Å². The van der Waals surface area contributed by atoms with E-state index in [2.05, 4.69) is 10.2 Å². The first kappa shape index (κ1) is 16.3. The molecule has 0 radical (unpaired) electrons. The summed E-state index contributed by atoms with van der Waals surface area (Å²) in [6, 6.07) is 0. The minimum atomic E-state index is -0.149. The highest BCUT2D eigenvalue weighted by molar-refractivity contribution is 7.80. The molecule has 0 aromatic heterocycles. The van der Waals surface area contributed by atoms with E-state index in [1.54, 1.807) is 0 Å². The van der Waals surface area contributed by atoms with Crippen LogP contribution in [0.1, 0.15) is 34.1 Å². The average Bonchev–Trinajstić information content (AvgIpc) is 2.24. The summed E-state index contributed by atoms with van der Waals surface area (Å²) in [6.45, 7) is 10.8. The second-order valence-electron chi connectivity index (χ2n) is 4.82. The van der Waals surface area contributed by atoms with Gasteiger partial charge in [-0.25, -0.2) is 0 Å². The van der Waals surface area contributed by atoms with Crippen molar-refractivity contribution in [3.63, 3.8) is 0 Å². The Morgan fingerprint density at radius 2 is 2.00 bits per heavy atom. The van der Waals surface area contributed by atoms with Gasteiger partial charge in [-0.3, -0.25) is 9.69 Å². The zero-order chi connectivity index (χ0) is 13.5. The molecule has 0 aliphatic carbocycles. The van der Waals surface area contributed by atoms with Crippen molar-refractivity contribution < 1.29 is 4.79 Å². The number of rotatable bonds is 8. The number of likely N-dealkylation sites (N-methyl/N-ethyl adjacent to an activating group) is 2. The van der Waals surface area contributed by atoms with Crippen LogP contribution >= 0.6 is 12.2 Å². The maximum atomic E-state index is 11.5. The van der Waals surface area contributed by atoms with E-state index in [1.165, 1.54) is 0 Å². The molecule has 1 amide bonds. The predicted octanol–water partition coefficient (Wildman–Crippen LogP) is 1.15. The van der Waals surface area contributed by atoms with Gasteiger partial charge in [0.25, 0.3) is 0 Å². The Morgan fingerprint density at radius 1 is 1.41 bits per heavy atom. The van der Waals surface area contributed by atoms with E-state index in [0.29, 0.717) is 18.1 Å². The van der Waals surface area contributed by atoms with Crippen molar-refractivity contribution >= 4 is 23.1 Å². The standard InChI is InChI=1S/C12H25N3OS/c1-5-14-10(16)9-15(6-2)8-7-12(3,4)11(13)17/h5-9H2,1-4H3,(H2,13,17)(H,14,16). The van der Waals surface area contributed by atoms with Crippen LogP contribution in [-0.2, 0) is 4.79 Å². The lowest BCUT2D eigenvalue weighted by Gasteiger charge is -2.27. The summed E-state index contributed by atoms with van der Waals surface area (Å²) < 4.78 is 0. The molecule has 0 saturated heterocycles. The monoisotopic (exact) mass is 259 g/mol. The van der Waals surface area contributed by atoms with E-state index >= 15 is 0 Å². The summed E-state index contributed by atoms with van der Waals surface area (Å²) in [5.74, 6) is 0.0717. The molecule has 0 heterocycles. The van der Waals surface area contributed by atoms with Crippen molar-refractivity contribution in [3.05, 3.63) is 0 Å². The van der Waals surface area contributed by atoms with Gasteiger partial charge >= 0.3 is 0 Å². The molecule has 0 aromatic rings. The smallest absolute Gasteiger partial charge is 0.234 e. The van der Waals surface area contributed by atoms with Crippen molar-refractivity contribution in [2.75, 3.05) is 26.2 Å². The Balaban J connectivity index is 4.14. The van der Waals surface area contributed by atoms with Gasteiger partial charge in [-0.15, -0.1) is 0 Å². The minimum absolute atomic E-state index is 0.0717. The maximum absolute atomic E-state index is 11.5. The third-order valence-corrected chi connectivity index (χ3v) is 3.46. The number of thiocarbonyl (C=S) groups is 1. The number of nitrogens with zero attached hydrogens (tertiary/aromatic N) is 1. The van der Waals surface area contributed by atoms with Gasteiger partial charge in [0, 0.05) is 12.0 Å². The quantitative estimate of drug-likeness (QED) is 0.642. The van der Waals surface area contributed by atoms with Crippen LogP contribution in [0.15, 0.2) is 0 Å². The topological polar surface area (TPSA) is 58.4 Å². The van der Waals surface area contributed by atoms with Gasteiger partial charge in [0.2, 0.25) is 5.91 Å². The van der Waals surface area contributed by atoms with E-state index in [1.807, 2.05) is 27.7 Å². The third-order valence-electron chi connectivity index (χ3n) is 2.91. The molecule has 4 nitrogen and oxygen atoms in total. The van der Waals surface area contributed by atoms with E-state index in [0.717, 1.165) is 19.5 Å². The normalized spacial score (nSPS) is 11.6. The molecule has 0 atom stereocenters. The summed E-state index contributed by atoms with van der Waals surface area (Å²) in [5.41, 5.74) is 5.53. The van der Waals surface area contributed by atoms with Crippen LogP contribution in [0.3, 0.4) is 0 Å². The zero-order valence-corrected chi connectivity index (χ0v) is 12.2. The fourth-order valence-electron chi connectivity index (χ4n) is 1.37. The van der Waals surface area contributed by atoms with Crippen molar-refractivity contribution in [3.8, 4) is 0 Å². The number of hydrogen-bond acceptors (Lipinski definition) is 3. The van der Waals surface area contributed by atoms with E-state index in [4.69, 9.17) is 18.0 Å². The van der Waals surface area contributed by atoms with Crippen molar-refractivity contribution in [2.24, 2.45) is 11.1 Å². The molecule has 0 aliphatic rings. The third kappa shape index (κ3) is 6.58. The van der Waals surface area contributed by atoms with Gasteiger partial charge in [0.1, 0.15) is 0 Å². The predicted molar refractivity (Wildman–Crippen MR) is 76.0 cm³/mol. The number of carbonyl (C=O) groups is 1. The Kier molecular flexibility index (Phi) is 7.30. The molecule has 0 saturated carbocycles. The van der Waals surface area contributed by atoms with Crippen LogP contribution < -0.4 is 11.1 Å².